The molecule has 2 heterocycles. The number of H-pyrrole nitrogens is 1. The van der Waals surface area contributed by atoms with Crippen molar-refractivity contribution in [3.8, 4) is 11.4 Å². The Labute approximate surface area is 145 Å². The molecule has 1 atom stereocenters. The molecule has 3 aromatic rings. The number of aliphatic hydroxyl groups excluding tert-OH is 1. The number of aliphatic carboxylic acids is 1. The molecule has 0 aliphatic rings. The predicted octanol–water partition coefficient (Wildman–Crippen LogP) is 2.92. The van der Waals surface area contributed by atoms with Gasteiger partial charge in [-0.2, -0.15) is 5.10 Å². The lowest BCUT2D eigenvalue weighted by Crippen LogP contribution is -2.28. The molecule has 0 aliphatic carbocycles. The van der Waals surface area contributed by atoms with Crippen molar-refractivity contribution in [2.24, 2.45) is 0 Å². The van der Waals surface area contributed by atoms with Crippen molar-refractivity contribution >= 4 is 5.97 Å². The van der Waals surface area contributed by atoms with Crippen molar-refractivity contribution in [1.29, 1.82) is 0 Å². The second-order valence-electron chi connectivity index (χ2n) is 6.41. The minimum atomic E-state index is -1.03. The smallest absolute Gasteiger partial charge is 0.313 e. The van der Waals surface area contributed by atoms with Gasteiger partial charge < -0.3 is 10.2 Å². The highest BCUT2D eigenvalue weighted by molar-refractivity contribution is 5.80. The van der Waals surface area contributed by atoms with E-state index in [1.165, 1.54) is 0 Å². The molecule has 0 fully saturated rings. The van der Waals surface area contributed by atoms with Crippen molar-refractivity contribution < 1.29 is 15.0 Å². The zero-order valence-corrected chi connectivity index (χ0v) is 14.0. The summed E-state index contributed by atoms with van der Waals surface area (Å²) in [5.74, 6) is -0.912. The third kappa shape index (κ3) is 3.29. The van der Waals surface area contributed by atoms with Crippen LogP contribution in [0.2, 0.25) is 0 Å². The van der Waals surface area contributed by atoms with Gasteiger partial charge in [0.2, 0.25) is 0 Å². The van der Waals surface area contributed by atoms with Crippen LogP contribution in [-0.2, 0) is 10.2 Å². The minimum absolute atomic E-state index is 0.628. The highest BCUT2D eigenvalue weighted by Crippen LogP contribution is 2.29. The average molecular weight is 337 g/mol. The monoisotopic (exact) mass is 337 g/mol. The molecule has 25 heavy (non-hydrogen) atoms. The van der Waals surface area contributed by atoms with Crippen LogP contribution in [0.4, 0.5) is 0 Å². The Morgan fingerprint density at radius 1 is 1.16 bits per heavy atom. The number of pyridine rings is 1. The largest absolute Gasteiger partial charge is 0.481 e. The predicted molar refractivity (Wildman–Crippen MR) is 93.0 cm³/mol. The summed E-state index contributed by atoms with van der Waals surface area (Å²) in [5.41, 5.74) is 2.40. The summed E-state index contributed by atoms with van der Waals surface area (Å²) in [5, 5.41) is 26.7. The van der Waals surface area contributed by atoms with E-state index in [2.05, 4.69) is 15.2 Å². The zero-order valence-electron chi connectivity index (χ0n) is 14.0. The summed E-state index contributed by atoms with van der Waals surface area (Å²) in [6.07, 6.45) is 2.37. The van der Waals surface area contributed by atoms with Crippen LogP contribution in [0.3, 0.4) is 0 Å². The Hall–Kier alpha value is -2.99. The van der Waals surface area contributed by atoms with E-state index in [0.29, 0.717) is 16.7 Å². The van der Waals surface area contributed by atoms with E-state index in [0.717, 1.165) is 11.4 Å². The Morgan fingerprint density at radius 2 is 1.96 bits per heavy atom. The third-order valence-corrected chi connectivity index (χ3v) is 4.34. The van der Waals surface area contributed by atoms with Crippen LogP contribution in [-0.4, -0.2) is 31.4 Å². The van der Waals surface area contributed by atoms with Gasteiger partial charge in [0.1, 0.15) is 6.10 Å². The lowest BCUT2D eigenvalue weighted by Gasteiger charge is -2.21. The number of carbonyl (C=O) groups is 1. The summed E-state index contributed by atoms with van der Waals surface area (Å²) >= 11 is 0. The summed E-state index contributed by atoms with van der Waals surface area (Å²) < 4.78 is 0. The van der Waals surface area contributed by atoms with Gasteiger partial charge in [0.05, 0.1) is 16.8 Å². The van der Waals surface area contributed by atoms with Gasteiger partial charge in [-0.1, -0.05) is 30.3 Å². The molecule has 0 spiro atoms. The maximum atomic E-state index is 11.4. The van der Waals surface area contributed by atoms with E-state index in [4.69, 9.17) is 0 Å². The molecule has 0 saturated carbocycles. The molecule has 3 rings (SSSR count). The number of rotatable bonds is 5. The first-order valence-corrected chi connectivity index (χ1v) is 7.87. The Morgan fingerprint density at radius 3 is 2.56 bits per heavy atom. The lowest BCUT2D eigenvalue weighted by molar-refractivity contribution is -0.142. The third-order valence-electron chi connectivity index (χ3n) is 4.34. The van der Waals surface area contributed by atoms with E-state index >= 15 is 0 Å². The molecule has 0 amide bonds. The number of benzene rings is 1. The minimum Gasteiger partial charge on any atom is -0.481 e. The first-order chi connectivity index (χ1) is 11.9. The van der Waals surface area contributed by atoms with Gasteiger partial charge in [0, 0.05) is 18.0 Å². The highest BCUT2D eigenvalue weighted by atomic mass is 16.4. The Balaban J connectivity index is 1.88. The molecule has 6 heteroatoms. The number of nitrogens with one attached hydrogen (secondary N) is 1. The lowest BCUT2D eigenvalue weighted by atomic mass is 9.83. The first kappa shape index (κ1) is 16.9. The van der Waals surface area contributed by atoms with Crippen LogP contribution in [0.25, 0.3) is 11.4 Å². The number of hydrogen-bond donors (Lipinski definition) is 3. The van der Waals surface area contributed by atoms with Crippen LogP contribution in [0.5, 0.6) is 0 Å². The van der Waals surface area contributed by atoms with Crippen molar-refractivity contribution in [3.05, 3.63) is 71.5 Å². The van der Waals surface area contributed by atoms with Crippen molar-refractivity contribution in [2.45, 2.75) is 25.4 Å². The van der Waals surface area contributed by atoms with E-state index in [1.807, 2.05) is 6.07 Å². The van der Waals surface area contributed by atoms with E-state index in [-0.39, 0.29) is 0 Å². The fraction of sp³-hybridized carbons (Fsp3) is 0.211. The average Bonchev–Trinajstić information content (AvgIpc) is 3.16. The molecule has 0 radical (unpaired) electrons. The molecule has 2 aromatic heterocycles. The molecule has 0 aliphatic heterocycles. The SMILES string of the molecule is CC(C)(C(=O)O)c1cccc(C(O)c2ccc(-c3ccn[nH]3)nc2)c1. The molecule has 3 N–H and O–H groups in total. The van der Waals surface area contributed by atoms with Gasteiger partial charge in [0.25, 0.3) is 0 Å². The molecule has 6 nitrogen and oxygen atoms in total. The van der Waals surface area contributed by atoms with Crippen molar-refractivity contribution in [1.82, 2.24) is 15.2 Å². The molecule has 1 aromatic carbocycles. The summed E-state index contributed by atoms with van der Waals surface area (Å²) in [7, 11) is 0. The van der Waals surface area contributed by atoms with Crippen LogP contribution in [0, 0.1) is 0 Å². The number of nitrogens with zero attached hydrogens (tertiary/aromatic N) is 2. The van der Waals surface area contributed by atoms with Gasteiger partial charge in [-0.05, 0) is 37.1 Å². The molecule has 0 bridgehead atoms. The summed E-state index contributed by atoms with van der Waals surface area (Å²) in [6, 6.07) is 12.4. The van der Waals surface area contributed by atoms with Crippen LogP contribution in [0.1, 0.15) is 36.6 Å². The van der Waals surface area contributed by atoms with Gasteiger partial charge in [-0.25, -0.2) is 0 Å². The van der Waals surface area contributed by atoms with E-state index < -0.39 is 17.5 Å². The summed E-state index contributed by atoms with van der Waals surface area (Å²) in [6.45, 7) is 3.28. The topological polar surface area (TPSA) is 99.1 Å². The van der Waals surface area contributed by atoms with Crippen LogP contribution in [0.15, 0.2) is 54.9 Å². The van der Waals surface area contributed by atoms with E-state index in [9.17, 15) is 15.0 Å². The maximum Gasteiger partial charge on any atom is 0.313 e. The van der Waals surface area contributed by atoms with Crippen molar-refractivity contribution in [2.75, 3.05) is 0 Å². The maximum absolute atomic E-state index is 11.4. The first-order valence-electron chi connectivity index (χ1n) is 7.87. The number of aromatic nitrogens is 3. The molecule has 0 saturated heterocycles. The van der Waals surface area contributed by atoms with Crippen LogP contribution >= 0.6 is 0 Å². The molecular weight excluding hydrogens is 318 g/mol. The Bertz CT molecular complexity index is 871. The molecular formula is C19H19N3O3. The van der Waals surface area contributed by atoms with Crippen LogP contribution < -0.4 is 0 Å². The van der Waals surface area contributed by atoms with E-state index in [1.54, 1.807) is 62.6 Å². The second kappa shape index (κ2) is 6.49. The summed E-state index contributed by atoms with van der Waals surface area (Å²) in [4.78, 5) is 15.8. The molecule has 1 unspecified atom stereocenters. The van der Waals surface area contributed by atoms with Gasteiger partial charge >= 0.3 is 5.97 Å². The fourth-order valence-corrected chi connectivity index (χ4v) is 2.54. The number of carboxylic acids is 1. The fourth-order valence-electron chi connectivity index (χ4n) is 2.54. The quantitative estimate of drug-likeness (QED) is 0.665. The van der Waals surface area contributed by atoms with Crippen molar-refractivity contribution in [3.63, 3.8) is 0 Å². The number of aliphatic hydroxyl groups is 1. The molecule has 128 valence electrons. The second-order valence-corrected chi connectivity index (χ2v) is 6.41. The van der Waals surface area contributed by atoms with Gasteiger partial charge in [-0.15, -0.1) is 0 Å². The number of aromatic amines is 1. The standard InChI is InChI=1S/C19H19N3O3/c1-19(2,18(24)25)14-5-3-4-12(10-14)17(23)13-6-7-15(20-11-13)16-8-9-21-22-16/h3-11,17,23H,1-2H3,(H,21,22)(H,24,25). The Kier molecular flexibility index (Phi) is 4.37. The number of carboxylic acid groups (broad SMARTS) is 1. The zero-order chi connectivity index (χ0) is 18.0. The van der Waals surface area contributed by atoms with Gasteiger partial charge in [0.15, 0.2) is 0 Å². The van der Waals surface area contributed by atoms with Gasteiger partial charge in [-0.3, -0.25) is 14.9 Å². The highest BCUT2D eigenvalue weighted by Gasteiger charge is 2.30. The number of hydrogen-bond acceptors (Lipinski definition) is 4. The normalized spacial score (nSPS) is 12.8.